The number of hydrogen-bond acceptors (Lipinski definition) is 2. The van der Waals surface area contributed by atoms with Crippen LogP contribution in [-0.2, 0) is 4.79 Å². The summed E-state index contributed by atoms with van der Waals surface area (Å²) >= 11 is 0. The third-order valence-corrected chi connectivity index (χ3v) is 3.62. The predicted octanol–water partition coefficient (Wildman–Crippen LogP) is 1.53. The Balaban J connectivity index is 1.64. The SMILES string of the molecule is CN(C(=O)CCNC1CC1)C1CCCC1. The van der Waals surface area contributed by atoms with Gasteiger partial charge in [-0.3, -0.25) is 4.79 Å². The lowest BCUT2D eigenvalue weighted by molar-refractivity contribution is -0.131. The molecule has 0 heterocycles. The molecule has 1 N–H and O–H groups in total. The van der Waals surface area contributed by atoms with E-state index >= 15 is 0 Å². The quantitative estimate of drug-likeness (QED) is 0.746. The minimum absolute atomic E-state index is 0.315. The van der Waals surface area contributed by atoms with Crippen molar-refractivity contribution in [3.63, 3.8) is 0 Å². The second-order valence-corrected chi connectivity index (χ2v) is 4.92. The van der Waals surface area contributed by atoms with Crippen LogP contribution in [0.15, 0.2) is 0 Å². The number of amides is 1. The average Bonchev–Trinajstić information content (AvgIpc) is 2.90. The first-order valence-corrected chi connectivity index (χ1v) is 6.26. The monoisotopic (exact) mass is 210 g/mol. The zero-order chi connectivity index (χ0) is 10.7. The highest BCUT2D eigenvalue weighted by Gasteiger charge is 2.24. The molecule has 0 radical (unpaired) electrons. The van der Waals surface area contributed by atoms with Gasteiger partial charge in [0.1, 0.15) is 0 Å². The van der Waals surface area contributed by atoms with E-state index in [9.17, 15) is 4.79 Å². The molecule has 0 spiro atoms. The highest BCUT2D eigenvalue weighted by Crippen LogP contribution is 2.23. The van der Waals surface area contributed by atoms with Crippen LogP contribution in [0.5, 0.6) is 0 Å². The van der Waals surface area contributed by atoms with Crippen molar-refractivity contribution in [3.05, 3.63) is 0 Å². The van der Waals surface area contributed by atoms with Crippen LogP contribution in [0.3, 0.4) is 0 Å². The van der Waals surface area contributed by atoms with Gasteiger partial charge in [0.2, 0.25) is 5.91 Å². The van der Waals surface area contributed by atoms with E-state index in [4.69, 9.17) is 0 Å². The van der Waals surface area contributed by atoms with Crippen LogP contribution in [0.2, 0.25) is 0 Å². The van der Waals surface area contributed by atoms with Crippen LogP contribution < -0.4 is 5.32 Å². The summed E-state index contributed by atoms with van der Waals surface area (Å²) in [4.78, 5) is 13.8. The molecule has 2 rings (SSSR count). The van der Waals surface area contributed by atoms with E-state index in [0.29, 0.717) is 18.4 Å². The summed E-state index contributed by atoms with van der Waals surface area (Å²) < 4.78 is 0. The fourth-order valence-electron chi connectivity index (χ4n) is 2.34. The van der Waals surface area contributed by atoms with Gasteiger partial charge in [0, 0.05) is 32.1 Å². The Bertz CT molecular complexity index is 220. The van der Waals surface area contributed by atoms with Gasteiger partial charge in [-0.2, -0.15) is 0 Å². The van der Waals surface area contributed by atoms with E-state index in [2.05, 4.69) is 5.32 Å². The van der Waals surface area contributed by atoms with Gasteiger partial charge >= 0.3 is 0 Å². The summed E-state index contributed by atoms with van der Waals surface area (Å²) in [7, 11) is 1.97. The Morgan fingerprint density at radius 2 is 1.93 bits per heavy atom. The van der Waals surface area contributed by atoms with Gasteiger partial charge in [0.05, 0.1) is 0 Å². The maximum Gasteiger partial charge on any atom is 0.223 e. The summed E-state index contributed by atoms with van der Waals surface area (Å²) in [5, 5.41) is 3.39. The van der Waals surface area contributed by atoms with E-state index < -0.39 is 0 Å². The topological polar surface area (TPSA) is 32.3 Å². The Hall–Kier alpha value is -0.570. The highest BCUT2D eigenvalue weighted by molar-refractivity contribution is 5.76. The summed E-state index contributed by atoms with van der Waals surface area (Å²) in [5.41, 5.74) is 0. The molecule has 3 heteroatoms. The fraction of sp³-hybridized carbons (Fsp3) is 0.917. The number of carbonyl (C=O) groups excluding carboxylic acids is 1. The van der Waals surface area contributed by atoms with Crippen molar-refractivity contribution >= 4 is 5.91 Å². The zero-order valence-electron chi connectivity index (χ0n) is 9.67. The van der Waals surface area contributed by atoms with Crippen LogP contribution in [-0.4, -0.2) is 36.5 Å². The molecule has 2 saturated carbocycles. The third-order valence-electron chi connectivity index (χ3n) is 3.62. The first-order valence-electron chi connectivity index (χ1n) is 6.26. The van der Waals surface area contributed by atoms with Crippen molar-refractivity contribution in [2.75, 3.05) is 13.6 Å². The number of nitrogens with zero attached hydrogens (tertiary/aromatic N) is 1. The van der Waals surface area contributed by atoms with Gasteiger partial charge in [-0.25, -0.2) is 0 Å². The molecule has 0 aliphatic heterocycles. The Kier molecular flexibility index (Phi) is 3.62. The smallest absolute Gasteiger partial charge is 0.223 e. The standard InChI is InChI=1S/C12H22N2O/c1-14(11-4-2-3-5-11)12(15)8-9-13-10-6-7-10/h10-11,13H,2-9H2,1H3. The second kappa shape index (κ2) is 4.97. The molecule has 3 nitrogen and oxygen atoms in total. The first-order chi connectivity index (χ1) is 7.27. The van der Waals surface area contributed by atoms with E-state index in [-0.39, 0.29) is 0 Å². The normalized spacial score (nSPS) is 21.9. The fourth-order valence-corrected chi connectivity index (χ4v) is 2.34. The Labute approximate surface area is 92.2 Å². The van der Waals surface area contributed by atoms with Gasteiger partial charge in [0.15, 0.2) is 0 Å². The average molecular weight is 210 g/mol. The maximum absolute atomic E-state index is 11.8. The number of rotatable bonds is 5. The molecule has 0 aromatic carbocycles. The molecule has 86 valence electrons. The lowest BCUT2D eigenvalue weighted by Crippen LogP contribution is -2.36. The van der Waals surface area contributed by atoms with E-state index in [1.807, 2.05) is 11.9 Å². The van der Waals surface area contributed by atoms with Crippen LogP contribution >= 0.6 is 0 Å². The second-order valence-electron chi connectivity index (χ2n) is 4.92. The number of carbonyl (C=O) groups is 1. The lowest BCUT2D eigenvalue weighted by Gasteiger charge is -2.24. The van der Waals surface area contributed by atoms with Gasteiger partial charge < -0.3 is 10.2 Å². The van der Waals surface area contributed by atoms with Gasteiger partial charge in [-0.1, -0.05) is 12.8 Å². The highest BCUT2D eigenvalue weighted by atomic mass is 16.2. The number of hydrogen-bond donors (Lipinski definition) is 1. The minimum atomic E-state index is 0.315. The van der Waals surface area contributed by atoms with Crippen molar-refractivity contribution < 1.29 is 4.79 Å². The van der Waals surface area contributed by atoms with E-state index in [1.54, 1.807) is 0 Å². The molecule has 2 aliphatic carbocycles. The van der Waals surface area contributed by atoms with Gasteiger partial charge in [-0.15, -0.1) is 0 Å². The van der Waals surface area contributed by atoms with Crippen LogP contribution in [0.4, 0.5) is 0 Å². The van der Waals surface area contributed by atoms with Gasteiger partial charge in [0.25, 0.3) is 0 Å². The van der Waals surface area contributed by atoms with Crippen LogP contribution in [0.25, 0.3) is 0 Å². The van der Waals surface area contributed by atoms with E-state index in [1.165, 1.54) is 38.5 Å². The summed E-state index contributed by atoms with van der Waals surface area (Å²) in [6.45, 7) is 0.862. The van der Waals surface area contributed by atoms with Crippen molar-refractivity contribution in [2.24, 2.45) is 0 Å². The zero-order valence-corrected chi connectivity index (χ0v) is 9.67. The van der Waals surface area contributed by atoms with E-state index in [0.717, 1.165) is 12.6 Å². The molecule has 1 amide bonds. The molecule has 0 saturated heterocycles. The maximum atomic E-state index is 11.8. The molecule has 0 atom stereocenters. The Morgan fingerprint density at radius 3 is 2.53 bits per heavy atom. The van der Waals surface area contributed by atoms with Crippen molar-refractivity contribution in [1.82, 2.24) is 10.2 Å². The molecule has 0 bridgehead atoms. The van der Waals surface area contributed by atoms with Crippen molar-refractivity contribution in [1.29, 1.82) is 0 Å². The van der Waals surface area contributed by atoms with Crippen LogP contribution in [0.1, 0.15) is 44.9 Å². The molecule has 15 heavy (non-hydrogen) atoms. The minimum Gasteiger partial charge on any atom is -0.343 e. The molecule has 0 unspecified atom stereocenters. The predicted molar refractivity (Wildman–Crippen MR) is 60.7 cm³/mol. The molecule has 0 aromatic rings. The molecular formula is C12H22N2O. The van der Waals surface area contributed by atoms with Gasteiger partial charge in [-0.05, 0) is 25.7 Å². The van der Waals surface area contributed by atoms with Crippen molar-refractivity contribution in [2.45, 2.75) is 57.0 Å². The summed E-state index contributed by atoms with van der Waals surface area (Å²) in [6, 6.07) is 1.24. The molecule has 2 aliphatic rings. The molecule has 0 aromatic heterocycles. The summed E-state index contributed by atoms with van der Waals surface area (Å²) in [5.74, 6) is 0.315. The largest absolute Gasteiger partial charge is 0.343 e. The molecular weight excluding hydrogens is 188 g/mol. The lowest BCUT2D eigenvalue weighted by atomic mass is 10.2. The Morgan fingerprint density at radius 1 is 1.27 bits per heavy atom. The number of nitrogens with one attached hydrogen (secondary N) is 1. The first kappa shape index (κ1) is 10.9. The summed E-state index contributed by atoms with van der Waals surface area (Å²) in [6.07, 6.45) is 8.27. The van der Waals surface area contributed by atoms with Crippen LogP contribution in [0, 0.1) is 0 Å². The van der Waals surface area contributed by atoms with Crippen molar-refractivity contribution in [3.8, 4) is 0 Å². The molecule has 2 fully saturated rings. The third kappa shape index (κ3) is 3.20.